The van der Waals surface area contributed by atoms with Crippen molar-refractivity contribution in [3.8, 4) is 5.75 Å². The predicted molar refractivity (Wildman–Crippen MR) is 102 cm³/mol. The van der Waals surface area contributed by atoms with E-state index in [1.807, 2.05) is 0 Å². The number of hydrogen-bond acceptors (Lipinski definition) is 4. The lowest BCUT2D eigenvalue weighted by Gasteiger charge is -2.10. The van der Waals surface area contributed by atoms with Crippen molar-refractivity contribution in [2.45, 2.75) is 19.4 Å². The van der Waals surface area contributed by atoms with Crippen molar-refractivity contribution in [1.82, 2.24) is 4.57 Å². The molecule has 0 radical (unpaired) electrons. The number of anilines is 1. The Morgan fingerprint density at radius 1 is 1.14 bits per heavy atom. The van der Waals surface area contributed by atoms with Gasteiger partial charge in [-0.1, -0.05) is 0 Å². The van der Waals surface area contributed by atoms with Crippen molar-refractivity contribution in [1.29, 1.82) is 0 Å². The molecular weight excluding hydrogens is 363 g/mol. The number of carbonyl (C=O) groups excluding carboxylic acids is 1. The van der Waals surface area contributed by atoms with Crippen molar-refractivity contribution >= 4 is 28.5 Å². The van der Waals surface area contributed by atoms with Crippen LogP contribution in [0, 0.1) is 11.7 Å². The SMILES string of the molecule is O=C(CNc1ccc(OCc2cc3cc(F)ccc3n2C(=O)O)cc1)C1CC1. The van der Waals surface area contributed by atoms with Crippen LogP contribution in [-0.2, 0) is 11.4 Å². The number of carboxylic acid groups (broad SMARTS) is 1. The van der Waals surface area contributed by atoms with Crippen molar-refractivity contribution in [3.63, 3.8) is 0 Å². The summed E-state index contributed by atoms with van der Waals surface area (Å²) in [6.45, 7) is 0.343. The number of benzene rings is 2. The molecule has 2 N–H and O–H groups in total. The maximum Gasteiger partial charge on any atom is 0.416 e. The highest BCUT2D eigenvalue weighted by Gasteiger charge is 2.28. The number of ketones is 1. The Labute approximate surface area is 160 Å². The highest BCUT2D eigenvalue weighted by Crippen LogP contribution is 2.30. The first kappa shape index (κ1) is 18.0. The number of fused-ring (bicyclic) bond motifs is 1. The summed E-state index contributed by atoms with van der Waals surface area (Å²) < 4.78 is 20.2. The molecule has 3 aromatic rings. The summed E-state index contributed by atoms with van der Waals surface area (Å²) in [4.78, 5) is 23.3. The number of aromatic nitrogens is 1. The van der Waals surface area contributed by atoms with E-state index in [2.05, 4.69) is 5.32 Å². The lowest BCUT2D eigenvalue weighted by Crippen LogP contribution is -2.15. The molecule has 1 aliphatic carbocycles. The quantitative estimate of drug-likeness (QED) is 0.638. The third-order valence-electron chi connectivity index (χ3n) is 4.77. The average molecular weight is 382 g/mol. The molecule has 0 bridgehead atoms. The monoisotopic (exact) mass is 382 g/mol. The normalized spacial score (nSPS) is 13.5. The number of rotatable bonds is 7. The second-order valence-electron chi connectivity index (χ2n) is 6.86. The molecule has 1 heterocycles. The first-order valence-corrected chi connectivity index (χ1v) is 9.04. The van der Waals surface area contributed by atoms with Crippen LogP contribution in [0.5, 0.6) is 5.75 Å². The van der Waals surface area contributed by atoms with E-state index >= 15 is 0 Å². The van der Waals surface area contributed by atoms with Gasteiger partial charge in [0.05, 0.1) is 17.8 Å². The van der Waals surface area contributed by atoms with Crippen LogP contribution >= 0.6 is 0 Å². The molecule has 0 amide bonds. The number of halogens is 1. The molecule has 28 heavy (non-hydrogen) atoms. The van der Waals surface area contributed by atoms with Gasteiger partial charge in [-0.3, -0.25) is 4.79 Å². The number of Topliss-reactive ketones (excluding diaryl/α,β-unsaturated/α-hetero) is 1. The lowest BCUT2D eigenvalue weighted by atomic mass is 10.2. The predicted octanol–water partition coefficient (Wildman–Crippen LogP) is 4.28. The summed E-state index contributed by atoms with van der Waals surface area (Å²) in [5.41, 5.74) is 1.63. The Balaban J connectivity index is 1.43. The van der Waals surface area contributed by atoms with Gasteiger partial charge >= 0.3 is 6.09 Å². The minimum atomic E-state index is -1.15. The molecule has 6 nitrogen and oxygen atoms in total. The van der Waals surface area contributed by atoms with Crippen molar-refractivity contribution in [3.05, 3.63) is 60.0 Å². The number of hydrogen-bond donors (Lipinski definition) is 2. The van der Waals surface area contributed by atoms with E-state index in [1.54, 1.807) is 30.3 Å². The molecule has 144 valence electrons. The molecule has 2 aromatic carbocycles. The van der Waals surface area contributed by atoms with E-state index in [-0.39, 0.29) is 18.3 Å². The Hall–Kier alpha value is -3.35. The van der Waals surface area contributed by atoms with Crippen LogP contribution in [-0.4, -0.2) is 28.1 Å². The van der Waals surface area contributed by atoms with Gasteiger partial charge in [-0.2, -0.15) is 0 Å². The molecule has 7 heteroatoms. The molecule has 1 saturated carbocycles. The van der Waals surface area contributed by atoms with Gasteiger partial charge in [-0.25, -0.2) is 13.8 Å². The van der Waals surface area contributed by atoms with Crippen LogP contribution in [0.3, 0.4) is 0 Å². The molecule has 4 rings (SSSR count). The van der Waals surface area contributed by atoms with E-state index in [9.17, 15) is 19.1 Å². The number of nitrogens with zero attached hydrogens (tertiary/aromatic N) is 1. The summed E-state index contributed by atoms with van der Waals surface area (Å²) in [7, 11) is 0. The van der Waals surface area contributed by atoms with E-state index in [4.69, 9.17) is 4.74 Å². The minimum Gasteiger partial charge on any atom is -0.487 e. The van der Waals surface area contributed by atoms with Gasteiger partial charge in [-0.05, 0) is 61.4 Å². The zero-order valence-corrected chi connectivity index (χ0v) is 15.0. The van der Waals surface area contributed by atoms with Crippen LogP contribution in [0.4, 0.5) is 14.9 Å². The van der Waals surface area contributed by atoms with Gasteiger partial charge in [0, 0.05) is 17.0 Å². The molecule has 0 unspecified atom stereocenters. The van der Waals surface area contributed by atoms with E-state index in [0.717, 1.165) is 23.1 Å². The Morgan fingerprint density at radius 2 is 1.89 bits per heavy atom. The summed E-state index contributed by atoms with van der Waals surface area (Å²) in [5, 5.41) is 13.1. The minimum absolute atomic E-state index is 0.0234. The van der Waals surface area contributed by atoms with Crippen molar-refractivity contribution < 1.29 is 23.8 Å². The van der Waals surface area contributed by atoms with Gasteiger partial charge in [0.15, 0.2) is 5.78 Å². The van der Waals surface area contributed by atoms with Crippen LogP contribution in [0.1, 0.15) is 18.5 Å². The summed E-state index contributed by atoms with van der Waals surface area (Å²) >= 11 is 0. The first-order valence-electron chi connectivity index (χ1n) is 9.04. The van der Waals surface area contributed by atoms with E-state index in [1.165, 1.54) is 18.2 Å². The fraction of sp³-hybridized carbons (Fsp3) is 0.238. The maximum absolute atomic E-state index is 13.4. The number of nitrogens with one attached hydrogen (secondary N) is 1. The van der Waals surface area contributed by atoms with Gasteiger partial charge in [0.25, 0.3) is 0 Å². The molecule has 1 fully saturated rings. The Morgan fingerprint density at radius 3 is 2.57 bits per heavy atom. The Kier molecular flexibility index (Phi) is 4.73. The van der Waals surface area contributed by atoms with Crippen LogP contribution in [0.2, 0.25) is 0 Å². The van der Waals surface area contributed by atoms with Gasteiger partial charge in [0.2, 0.25) is 0 Å². The highest BCUT2D eigenvalue weighted by atomic mass is 19.1. The fourth-order valence-corrected chi connectivity index (χ4v) is 3.14. The summed E-state index contributed by atoms with van der Waals surface area (Å²) in [6.07, 6.45) is 0.833. The molecule has 0 spiro atoms. The first-order chi connectivity index (χ1) is 13.5. The third-order valence-corrected chi connectivity index (χ3v) is 4.77. The van der Waals surface area contributed by atoms with Crippen molar-refractivity contribution in [2.24, 2.45) is 5.92 Å². The molecule has 0 atom stereocenters. The highest BCUT2D eigenvalue weighted by molar-refractivity contribution is 5.90. The molecular formula is C21H19FN2O4. The third kappa shape index (κ3) is 3.83. The summed E-state index contributed by atoms with van der Waals surface area (Å²) in [6, 6.07) is 12.7. The molecule has 1 aliphatic rings. The zero-order chi connectivity index (χ0) is 19.7. The molecule has 1 aromatic heterocycles. The van der Waals surface area contributed by atoms with Gasteiger partial charge in [-0.15, -0.1) is 0 Å². The topological polar surface area (TPSA) is 80.6 Å². The lowest BCUT2D eigenvalue weighted by molar-refractivity contribution is -0.118. The van der Waals surface area contributed by atoms with Gasteiger partial charge in [0.1, 0.15) is 18.2 Å². The Bertz CT molecular complexity index is 1040. The largest absolute Gasteiger partial charge is 0.487 e. The smallest absolute Gasteiger partial charge is 0.416 e. The van der Waals surface area contributed by atoms with Crippen LogP contribution in [0.25, 0.3) is 10.9 Å². The zero-order valence-electron chi connectivity index (χ0n) is 15.0. The van der Waals surface area contributed by atoms with Gasteiger partial charge < -0.3 is 15.2 Å². The van der Waals surface area contributed by atoms with Crippen LogP contribution in [0.15, 0.2) is 48.5 Å². The van der Waals surface area contributed by atoms with Crippen molar-refractivity contribution in [2.75, 3.05) is 11.9 Å². The van der Waals surface area contributed by atoms with Crippen LogP contribution < -0.4 is 10.1 Å². The fourth-order valence-electron chi connectivity index (χ4n) is 3.14. The maximum atomic E-state index is 13.4. The van der Waals surface area contributed by atoms with E-state index in [0.29, 0.717) is 28.9 Å². The molecule has 0 saturated heterocycles. The second-order valence-corrected chi connectivity index (χ2v) is 6.86. The second kappa shape index (κ2) is 7.34. The summed E-state index contributed by atoms with van der Waals surface area (Å²) in [5.74, 6) is 0.598. The average Bonchev–Trinajstić information content (AvgIpc) is 3.46. The molecule has 0 aliphatic heterocycles. The standard InChI is InChI=1S/C21H19FN2O4/c22-15-3-8-19-14(9-15)10-17(24(19)21(26)27)12-28-18-6-4-16(5-7-18)23-11-20(25)13-1-2-13/h3-10,13,23H,1-2,11-12H2,(H,26,27). The number of carbonyl (C=O) groups is 2. The van der Waals surface area contributed by atoms with E-state index < -0.39 is 11.9 Å². The number of ether oxygens (including phenoxy) is 1.